The summed E-state index contributed by atoms with van der Waals surface area (Å²) in [5.41, 5.74) is 6.70. The van der Waals surface area contributed by atoms with Crippen molar-refractivity contribution >= 4 is 6.03 Å². The van der Waals surface area contributed by atoms with E-state index in [2.05, 4.69) is 12.2 Å². The van der Waals surface area contributed by atoms with E-state index in [1.54, 1.807) is 0 Å². The highest BCUT2D eigenvalue weighted by Gasteiger charge is 1.95. The summed E-state index contributed by atoms with van der Waals surface area (Å²) in [5, 5.41) is 2.52. The van der Waals surface area contributed by atoms with Crippen LogP contribution in [0.3, 0.4) is 0 Å². The number of hydrogen-bond donors (Lipinski definition) is 1. The van der Waals surface area contributed by atoms with Crippen LogP contribution >= 0.6 is 0 Å². The van der Waals surface area contributed by atoms with Crippen LogP contribution in [0.2, 0.25) is 0 Å². The normalized spacial score (nSPS) is 10.7. The van der Waals surface area contributed by atoms with Gasteiger partial charge in [0, 0.05) is 6.54 Å². The molecule has 0 aliphatic carbocycles. The lowest BCUT2D eigenvalue weighted by Gasteiger charge is -2.03. The van der Waals surface area contributed by atoms with Gasteiger partial charge < -0.3 is 5.32 Å². The number of hydrogen-bond acceptors (Lipinski definition) is 1. The van der Waals surface area contributed by atoms with Crippen LogP contribution in [-0.2, 0) is 0 Å². The Balaban J connectivity index is 2.94. The smallest absolute Gasteiger partial charge is 0.333 e. The molecule has 0 atom stereocenters. The van der Waals surface area contributed by atoms with E-state index >= 15 is 0 Å². The van der Waals surface area contributed by atoms with Gasteiger partial charge in [-0.2, -0.15) is 0 Å². The first kappa shape index (κ1) is 19.3. The van der Waals surface area contributed by atoms with Crippen LogP contribution in [0.15, 0.2) is 0 Å². The lowest BCUT2D eigenvalue weighted by atomic mass is 10.0. The van der Waals surface area contributed by atoms with Gasteiger partial charge in [-0.25, -0.2) is 10.5 Å². The van der Waals surface area contributed by atoms with Crippen molar-refractivity contribution in [1.82, 2.24) is 11.1 Å². The largest absolute Gasteiger partial charge is 0.337 e. The second kappa shape index (κ2) is 16.3. The van der Waals surface area contributed by atoms with Gasteiger partial charge in [-0.3, -0.25) is 0 Å². The molecule has 0 unspecified atom stereocenters. The Kier molecular flexibility index (Phi) is 15.7. The molecule has 0 heterocycles. The highest BCUT2D eigenvalue weighted by molar-refractivity contribution is 5.70. The maximum absolute atomic E-state index is 10.3. The number of nitrogens with one attached hydrogen (secondary N) is 2. The van der Waals surface area contributed by atoms with E-state index in [1.807, 2.05) is 0 Å². The molecule has 0 saturated heterocycles. The summed E-state index contributed by atoms with van der Waals surface area (Å²) < 4.78 is 0. The van der Waals surface area contributed by atoms with Gasteiger partial charge in [0.2, 0.25) is 0 Å². The quantitative estimate of drug-likeness (QED) is 0.399. The monoisotopic (exact) mass is 283 g/mol. The van der Waals surface area contributed by atoms with Crippen LogP contribution < -0.4 is 11.1 Å². The lowest BCUT2D eigenvalue weighted by Crippen LogP contribution is -2.23. The molecular weight excluding hydrogens is 248 g/mol. The third-order valence-electron chi connectivity index (χ3n) is 3.82. The van der Waals surface area contributed by atoms with Crippen molar-refractivity contribution in [3.8, 4) is 0 Å². The molecule has 0 aromatic heterocycles. The molecule has 0 bridgehead atoms. The van der Waals surface area contributed by atoms with E-state index in [0.29, 0.717) is 6.54 Å². The molecule has 2 N–H and O–H groups in total. The van der Waals surface area contributed by atoms with Crippen LogP contribution in [0.1, 0.15) is 96.8 Å². The second-order valence-electron chi connectivity index (χ2n) is 5.85. The van der Waals surface area contributed by atoms with Crippen LogP contribution in [0.25, 0.3) is 0 Å². The van der Waals surface area contributed by atoms with Gasteiger partial charge in [0.15, 0.2) is 0 Å². The second-order valence-corrected chi connectivity index (χ2v) is 5.85. The maximum atomic E-state index is 10.3. The van der Waals surface area contributed by atoms with Crippen molar-refractivity contribution in [2.24, 2.45) is 0 Å². The molecule has 3 nitrogen and oxygen atoms in total. The number of urea groups is 1. The molecule has 3 heteroatoms. The van der Waals surface area contributed by atoms with Gasteiger partial charge in [-0.05, 0) is 6.42 Å². The Morgan fingerprint density at radius 2 is 1.05 bits per heavy atom. The van der Waals surface area contributed by atoms with Crippen molar-refractivity contribution in [3.63, 3.8) is 0 Å². The van der Waals surface area contributed by atoms with Crippen molar-refractivity contribution in [1.29, 1.82) is 0 Å². The number of carbonyl (C=O) groups excluding carboxylic acids is 1. The molecule has 20 heavy (non-hydrogen) atoms. The first-order valence-corrected chi connectivity index (χ1v) is 8.76. The molecule has 0 fully saturated rings. The molecule has 0 aliphatic rings. The third-order valence-corrected chi connectivity index (χ3v) is 3.82. The van der Waals surface area contributed by atoms with E-state index in [4.69, 9.17) is 5.73 Å². The summed E-state index contributed by atoms with van der Waals surface area (Å²) in [6.45, 7) is 2.94. The summed E-state index contributed by atoms with van der Waals surface area (Å²) in [7, 11) is 0. The summed E-state index contributed by atoms with van der Waals surface area (Å²) in [5.74, 6) is 0. The number of rotatable bonds is 15. The van der Waals surface area contributed by atoms with Crippen molar-refractivity contribution in [3.05, 3.63) is 0 Å². The molecule has 0 spiro atoms. The van der Waals surface area contributed by atoms with Gasteiger partial charge in [-0.1, -0.05) is 90.4 Å². The molecule has 0 rings (SSSR count). The molecule has 119 valence electrons. The fourth-order valence-electron chi connectivity index (χ4n) is 2.52. The van der Waals surface area contributed by atoms with E-state index in [0.717, 1.165) is 6.42 Å². The van der Waals surface area contributed by atoms with E-state index in [-0.39, 0.29) is 0 Å². The van der Waals surface area contributed by atoms with Gasteiger partial charge in [-0.15, -0.1) is 0 Å². The lowest BCUT2D eigenvalue weighted by molar-refractivity contribution is 0.247. The predicted molar refractivity (Wildman–Crippen MR) is 86.8 cm³/mol. The SMILES string of the molecule is CCCCCCCCCCCCCCCCNC([NH])=O. The number of carbonyl (C=O) groups is 1. The van der Waals surface area contributed by atoms with Crippen LogP contribution in [-0.4, -0.2) is 12.6 Å². The van der Waals surface area contributed by atoms with Crippen LogP contribution in [0.5, 0.6) is 0 Å². The Morgan fingerprint density at radius 3 is 1.40 bits per heavy atom. The van der Waals surface area contributed by atoms with Crippen molar-refractivity contribution < 1.29 is 4.79 Å². The van der Waals surface area contributed by atoms with Crippen molar-refractivity contribution in [2.45, 2.75) is 96.8 Å². The Hall–Kier alpha value is -0.730. The molecule has 2 amide bonds. The summed E-state index contributed by atoms with van der Waals surface area (Å²) in [6.07, 6.45) is 18.8. The van der Waals surface area contributed by atoms with Gasteiger partial charge in [0.05, 0.1) is 0 Å². The minimum absolute atomic E-state index is 0.653. The zero-order chi connectivity index (χ0) is 14.9. The number of amides is 2. The molecule has 0 aromatic carbocycles. The number of unbranched alkanes of at least 4 members (excludes halogenated alkanes) is 13. The Bertz CT molecular complexity index is 207. The zero-order valence-electron chi connectivity index (χ0n) is 13.5. The van der Waals surface area contributed by atoms with Crippen molar-refractivity contribution in [2.75, 3.05) is 6.54 Å². The minimum atomic E-state index is -0.653. The maximum Gasteiger partial charge on any atom is 0.333 e. The highest BCUT2D eigenvalue weighted by Crippen LogP contribution is 2.12. The van der Waals surface area contributed by atoms with E-state index in [1.165, 1.54) is 83.5 Å². The van der Waals surface area contributed by atoms with Gasteiger partial charge >= 0.3 is 6.03 Å². The molecule has 0 aromatic rings. The zero-order valence-corrected chi connectivity index (χ0v) is 13.5. The van der Waals surface area contributed by atoms with Crippen LogP contribution in [0, 0.1) is 0 Å². The highest BCUT2D eigenvalue weighted by atomic mass is 16.2. The predicted octanol–water partition coefficient (Wildman–Crippen LogP) is 5.46. The molecular formula is C17H35N2O. The van der Waals surface area contributed by atoms with Gasteiger partial charge in [0.25, 0.3) is 0 Å². The Morgan fingerprint density at radius 1 is 0.700 bits per heavy atom. The minimum Gasteiger partial charge on any atom is -0.337 e. The summed E-state index contributed by atoms with van der Waals surface area (Å²) in [4.78, 5) is 10.3. The standard InChI is InChI=1S/C17H35N2O/c1-2-3-4-5-6-7-8-9-10-11-12-13-14-15-16-19-17(18)20/h18H,2-16H2,1H3,(H,19,20). The molecule has 0 aliphatic heterocycles. The fraction of sp³-hybridized carbons (Fsp3) is 0.941. The molecule has 1 radical (unpaired) electrons. The fourth-order valence-corrected chi connectivity index (χ4v) is 2.52. The first-order valence-electron chi connectivity index (χ1n) is 8.76. The van der Waals surface area contributed by atoms with Gasteiger partial charge in [0.1, 0.15) is 0 Å². The van der Waals surface area contributed by atoms with E-state index in [9.17, 15) is 4.79 Å². The molecule has 0 saturated carbocycles. The third kappa shape index (κ3) is 17.3. The average molecular weight is 283 g/mol. The Labute approximate surface area is 126 Å². The average Bonchev–Trinajstić information content (AvgIpc) is 2.43. The topological polar surface area (TPSA) is 52.9 Å². The summed E-state index contributed by atoms with van der Waals surface area (Å²) in [6, 6.07) is -0.653. The van der Waals surface area contributed by atoms with Crippen LogP contribution in [0.4, 0.5) is 4.79 Å². The summed E-state index contributed by atoms with van der Waals surface area (Å²) >= 11 is 0. The first-order chi connectivity index (χ1) is 9.77. The van der Waals surface area contributed by atoms with E-state index < -0.39 is 6.03 Å².